The van der Waals surface area contributed by atoms with Crippen LogP contribution in [0.1, 0.15) is 20.3 Å². The molecule has 0 aromatic carbocycles. The number of nitrogens with zero attached hydrogens (tertiary/aromatic N) is 1. The van der Waals surface area contributed by atoms with Gasteiger partial charge in [0.25, 0.3) is 0 Å². The van der Waals surface area contributed by atoms with Crippen molar-refractivity contribution in [2.75, 3.05) is 19.8 Å². The molecule has 0 fully saturated rings. The molecule has 0 aliphatic heterocycles. The summed E-state index contributed by atoms with van der Waals surface area (Å²) in [6.45, 7) is 4.56. The molecule has 0 saturated carbocycles. The second-order valence-electron chi connectivity index (χ2n) is 3.78. The van der Waals surface area contributed by atoms with Gasteiger partial charge in [0.05, 0.1) is 6.26 Å². The molecule has 0 amide bonds. The van der Waals surface area contributed by atoms with Crippen LogP contribution in [0.3, 0.4) is 0 Å². The molecule has 0 aromatic rings. The lowest BCUT2D eigenvalue weighted by Gasteiger charge is -2.19. The van der Waals surface area contributed by atoms with Crippen LogP contribution in [-0.2, 0) is 10.0 Å². The van der Waals surface area contributed by atoms with Crippen LogP contribution < -0.4 is 5.73 Å². The monoisotopic (exact) mass is 208 g/mol. The van der Waals surface area contributed by atoms with E-state index >= 15 is 0 Å². The first-order valence-electron chi connectivity index (χ1n) is 4.42. The van der Waals surface area contributed by atoms with Gasteiger partial charge in [-0.25, -0.2) is 12.7 Å². The van der Waals surface area contributed by atoms with Gasteiger partial charge >= 0.3 is 0 Å². The van der Waals surface area contributed by atoms with Gasteiger partial charge in [-0.3, -0.25) is 0 Å². The molecule has 4 nitrogen and oxygen atoms in total. The number of nitrogens with two attached hydrogens (primary N) is 1. The minimum Gasteiger partial charge on any atom is -0.327 e. The van der Waals surface area contributed by atoms with Gasteiger partial charge in [-0.15, -0.1) is 0 Å². The number of hydrogen-bond acceptors (Lipinski definition) is 3. The number of hydrogen-bond donors (Lipinski definition) is 1. The third kappa shape index (κ3) is 5.23. The van der Waals surface area contributed by atoms with Crippen molar-refractivity contribution in [1.82, 2.24) is 4.31 Å². The fourth-order valence-corrected chi connectivity index (χ4v) is 1.27. The first-order chi connectivity index (χ1) is 5.75. The largest absolute Gasteiger partial charge is 0.327 e. The zero-order valence-electron chi connectivity index (χ0n) is 8.82. The van der Waals surface area contributed by atoms with Gasteiger partial charge in [-0.05, 0) is 12.3 Å². The van der Waals surface area contributed by atoms with Crippen LogP contribution in [0.4, 0.5) is 0 Å². The molecule has 0 spiro atoms. The van der Waals surface area contributed by atoms with E-state index < -0.39 is 10.0 Å². The van der Waals surface area contributed by atoms with Crippen LogP contribution in [0.25, 0.3) is 0 Å². The molecule has 0 rings (SSSR count). The van der Waals surface area contributed by atoms with Gasteiger partial charge in [0, 0.05) is 19.6 Å². The topological polar surface area (TPSA) is 63.4 Å². The predicted molar refractivity (Wildman–Crippen MR) is 54.9 cm³/mol. The lowest BCUT2D eigenvalue weighted by Crippen LogP contribution is -2.34. The van der Waals surface area contributed by atoms with Crippen molar-refractivity contribution in [3.8, 4) is 0 Å². The van der Waals surface area contributed by atoms with Gasteiger partial charge in [-0.2, -0.15) is 0 Å². The summed E-state index contributed by atoms with van der Waals surface area (Å²) in [5.41, 5.74) is 5.79. The lowest BCUT2D eigenvalue weighted by atomic mass is 10.0. The van der Waals surface area contributed by atoms with Gasteiger partial charge in [0.2, 0.25) is 10.0 Å². The Hall–Kier alpha value is -0.130. The summed E-state index contributed by atoms with van der Waals surface area (Å²) in [7, 11) is -1.47. The van der Waals surface area contributed by atoms with E-state index in [1.165, 1.54) is 10.6 Å². The highest BCUT2D eigenvalue weighted by atomic mass is 32.2. The van der Waals surface area contributed by atoms with E-state index in [-0.39, 0.29) is 6.04 Å². The number of rotatable bonds is 5. The Morgan fingerprint density at radius 3 is 2.15 bits per heavy atom. The Kier molecular flexibility index (Phi) is 4.88. The van der Waals surface area contributed by atoms with Crippen LogP contribution >= 0.6 is 0 Å². The second kappa shape index (κ2) is 4.93. The van der Waals surface area contributed by atoms with Crippen LogP contribution in [-0.4, -0.2) is 38.6 Å². The molecule has 0 saturated heterocycles. The van der Waals surface area contributed by atoms with Crippen molar-refractivity contribution in [2.24, 2.45) is 11.7 Å². The normalized spacial score (nSPS) is 15.3. The van der Waals surface area contributed by atoms with E-state index in [2.05, 4.69) is 0 Å². The molecule has 80 valence electrons. The number of sulfonamides is 1. The highest BCUT2D eigenvalue weighted by Gasteiger charge is 2.13. The molecule has 0 aromatic heterocycles. The van der Waals surface area contributed by atoms with Crippen molar-refractivity contribution in [3.05, 3.63) is 0 Å². The Bertz CT molecular complexity index is 237. The Morgan fingerprint density at radius 2 is 1.85 bits per heavy atom. The molecule has 2 N–H and O–H groups in total. The predicted octanol–water partition coefficient (Wildman–Crippen LogP) is 0.251. The zero-order chi connectivity index (χ0) is 10.6. The standard InChI is InChI=1S/C8H20N2O2S/c1-7(2)8(9)5-6-10(3)13(4,11)12/h7-8H,5-6,9H2,1-4H3. The lowest BCUT2D eigenvalue weighted by molar-refractivity contribution is 0.399. The van der Waals surface area contributed by atoms with Gasteiger partial charge < -0.3 is 5.73 Å². The van der Waals surface area contributed by atoms with Gasteiger partial charge in [-0.1, -0.05) is 13.8 Å². The second-order valence-corrected chi connectivity index (χ2v) is 5.87. The molecule has 13 heavy (non-hydrogen) atoms. The molecule has 0 aliphatic carbocycles. The smallest absolute Gasteiger partial charge is 0.210 e. The average molecular weight is 208 g/mol. The molecule has 0 aliphatic rings. The third-order valence-corrected chi connectivity index (χ3v) is 3.51. The fraction of sp³-hybridized carbons (Fsp3) is 1.00. The van der Waals surface area contributed by atoms with E-state index in [1.807, 2.05) is 13.8 Å². The van der Waals surface area contributed by atoms with Crippen LogP contribution in [0, 0.1) is 5.92 Å². The molecule has 1 unspecified atom stereocenters. The summed E-state index contributed by atoms with van der Waals surface area (Å²) in [4.78, 5) is 0. The molecule has 0 radical (unpaired) electrons. The van der Waals surface area contributed by atoms with E-state index in [0.717, 1.165) is 0 Å². The first kappa shape index (κ1) is 12.9. The molecular weight excluding hydrogens is 188 g/mol. The highest BCUT2D eigenvalue weighted by molar-refractivity contribution is 7.88. The van der Waals surface area contributed by atoms with Gasteiger partial charge in [0.1, 0.15) is 0 Å². The summed E-state index contributed by atoms with van der Waals surface area (Å²) in [5, 5.41) is 0. The van der Waals surface area contributed by atoms with Crippen molar-refractivity contribution in [3.63, 3.8) is 0 Å². The fourth-order valence-electron chi connectivity index (χ4n) is 0.830. The SMILES string of the molecule is CC(C)C(N)CCN(C)S(C)(=O)=O. The molecule has 1 atom stereocenters. The van der Waals surface area contributed by atoms with E-state index in [4.69, 9.17) is 5.73 Å². The Morgan fingerprint density at radius 1 is 1.38 bits per heavy atom. The van der Waals surface area contributed by atoms with Crippen molar-refractivity contribution < 1.29 is 8.42 Å². The maximum atomic E-state index is 11.0. The molecular formula is C8H20N2O2S. The van der Waals surface area contributed by atoms with Crippen molar-refractivity contribution >= 4 is 10.0 Å². The maximum Gasteiger partial charge on any atom is 0.210 e. The highest BCUT2D eigenvalue weighted by Crippen LogP contribution is 2.04. The van der Waals surface area contributed by atoms with E-state index in [0.29, 0.717) is 18.9 Å². The Labute approximate surface area is 81.2 Å². The Balaban J connectivity index is 3.91. The quantitative estimate of drug-likeness (QED) is 0.704. The summed E-state index contributed by atoms with van der Waals surface area (Å²) in [6.07, 6.45) is 1.91. The summed E-state index contributed by atoms with van der Waals surface area (Å²) in [6, 6.07) is 0.0733. The zero-order valence-corrected chi connectivity index (χ0v) is 9.63. The van der Waals surface area contributed by atoms with Crippen molar-refractivity contribution in [2.45, 2.75) is 26.3 Å². The first-order valence-corrected chi connectivity index (χ1v) is 6.27. The minimum atomic E-state index is -3.05. The molecule has 5 heteroatoms. The van der Waals surface area contributed by atoms with Crippen LogP contribution in [0.2, 0.25) is 0 Å². The van der Waals surface area contributed by atoms with E-state index in [9.17, 15) is 8.42 Å². The average Bonchev–Trinajstić information content (AvgIpc) is 1.97. The minimum absolute atomic E-state index is 0.0733. The maximum absolute atomic E-state index is 11.0. The van der Waals surface area contributed by atoms with Crippen LogP contribution in [0.15, 0.2) is 0 Å². The van der Waals surface area contributed by atoms with E-state index in [1.54, 1.807) is 7.05 Å². The summed E-state index contributed by atoms with van der Waals surface area (Å²) in [5.74, 6) is 0.396. The summed E-state index contributed by atoms with van der Waals surface area (Å²) >= 11 is 0. The molecule has 0 bridgehead atoms. The molecule has 0 heterocycles. The third-order valence-electron chi connectivity index (χ3n) is 2.20. The van der Waals surface area contributed by atoms with Gasteiger partial charge in [0.15, 0.2) is 0 Å². The van der Waals surface area contributed by atoms with Crippen molar-refractivity contribution in [1.29, 1.82) is 0 Å². The van der Waals surface area contributed by atoms with Crippen LogP contribution in [0.5, 0.6) is 0 Å². The summed E-state index contributed by atoms with van der Waals surface area (Å²) < 4.78 is 23.3.